The van der Waals surface area contributed by atoms with Crippen LogP contribution in [0.25, 0.3) is 11.3 Å². The molecule has 0 amide bonds. The molecular formula is C21H19N3O4. The first-order valence-corrected chi connectivity index (χ1v) is 8.68. The van der Waals surface area contributed by atoms with Crippen LogP contribution in [0.1, 0.15) is 22.8 Å². The molecule has 3 rings (SSSR count). The van der Waals surface area contributed by atoms with Crippen LogP contribution in [0.4, 0.5) is 5.69 Å². The maximum Gasteiger partial charge on any atom is 0.325 e. The summed E-state index contributed by atoms with van der Waals surface area (Å²) in [6.45, 7) is 1.07. The quantitative estimate of drug-likeness (QED) is 0.614. The molecule has 0 aliphatic heterocycles. The number of Topliss-reactive ketones (excluding diaryl/α,β-unsaturated/α-hetero) is 1. The molecule has 142 valence electrons. The Bertz CT molecular complexity index is 1060. The monoisotopic (exact) mass is 377 g/mol. The molecule has 0 saturated heterocycles. The van der Waals surface area contributed by atoms with Crippen LogP contribution in [0.5, 0.6) is 0 Å². The van der Waals surface area contributed by atoms with Crippen LogP contribution in [0.2, 0.25) is 0 Å². The topological polar surface area (TPSA) is 101 Å². The van der Waals surface area contributed by atoms with Crippen molar-refractivity contribution in [3.63, 3.8) is 0 Å². The van der Waals surface area contributed by atoms with Gasteiger partial charge in [-0.25, -0.2) is 4.68 Å². The van der Waals surface area contributed by atoms with Crippen LogP contribution in [0.3, 0.4) is 0 Å². The largest absolute Gasteiger partial charge is 0.480 e. The van der Waals surface area contributed by atoms with Gasteiger partial charge in [-0.2, -0.15) is 5.10 Å². The van der Waals surface area contributed by atoms with Gasteiger partial charge in [0.2, 0.25) is 0 Å². The van der Waals surface area contributed by atoms with E-state index < -0.39 is 18.1 Å². The Labute approximate surface area is 161 Å². The van der Waals surface area contributed by atoms with E-state index in [1.165, 1.54) is 6.92 Å². The number of aromatic nitrogens is 2. The predicted molar refractivity (Wildman–Crippen MR) is 105 cm³/mol. The van der Waals surface area contributed by atoms with Crippen molar-refractivity contribution in [2.24, 2.45) is 0 Å². The molecular weight excluding hydrogens is 358 g/mol. The highest BCUT2D eigenvalue weighted by Gasteiger charge is 2.22. The third-order valence-electron chi connectivity index (χ3n) is 4.15. The van der Waals surface area contributed by atoms with E-state index in [0.29, 0.717) is 12.1 Å². The summed E-state index contributed by atoms with van der Waals surface area (Å²) in [7, 11) is 0. The number of nitrogens with one attached hydrogen (secondary N) is 1. The first-order valence-electron chi connectivity index (χ1n) is 8.68. The summed E-state index contributed by atoms with van der Waals surface area (Å²) in [6.07, 6.45) is 0. The molecule has 2 aromatic carbocycles. The summed E-state index contributed by atoms with van der Waals surface area (Å²) in [5.74, 6) is -1.53. The fourth-order valence-electron chi connectivity index (χ4n) is 2.90. The zero-order valence-electron chi connectivity index (χ0n) is 15.3. The summed E-state index contributed by atoms with van der Waals surface area (Å²) in [4.78, 5) is 36.5. The summed E-state index contributed by atoms with van der Waals surface area (Å²) in [5, 5.41) is 16.3. The summed E-state index contributed by atoms with van der Waals surface area (Å²) in [6, 6.07) is 18.3. The van der Waals surface area contributed by atoms with E-state index in [0.717, 1.165) is 10.2 Å². The molecule has 1 aromatic heterocycles. The van der Waals surface area contributed by atoms with Gasteiger partial charge >= 0.3 is 5.97 Å². The molecule has 0 spiro atoms. The van der Waals surface area contributed by atoms with E-state index in [1.54, 1.807) is 24.3 Å². The lowest BCUT2D eigenvalue weighted by molar-refractivity contribution is -0.137. The summed E-state index contributed by atoms with van der Waals surface area (Å²) < 4.78 is 0.866. The molecule has 0 bridgehead atoms. The molecule has 0 atom stereocenters. The molecule has 0 aliphatic carbocycles. The van der Waals surface area contributed by atoms with E-state index in [2.05, 4.69) is 10.4 Å². The SMILES string of the molecule is CC(=O)c1c(-c2ccccc2)nn(CC(=O)O)c(=O)c1NCc1ccccc1. The van der Waals surface area contributed by atoms with Crippen LogP contribution in [0.15, 0.2) is 65.5 Å². The molecule has 0 unspecified atom stereocenters. The van der Waals surface area contributed by atoms with Gasteiger partial charge in [0.25, 0.3) is 5.56 Å². The van der Waals surface area contributed by atoms with Crippen LogP contribution >= 0.6 is 0 Å². The Balaban J connectivity index is 2.18. The number of hydrogen-bond donors (Lipinski definition) is 2. The number of hydrogen-bond acceptors (Lipinski definition) is 5. The van der Waals surface area contributed by atoms with Crippen molar-refractivity contribution in [2.45, 2.75) is 20.0 Å². The van der Waals surface area contributed by atoms with Crippen molar-refractivity contribution in [1.29, 1.82) is 0 Å². The second-order valence-electron chi connectivity index (χ2n) is 6.22. The number of ketones is 1. The summed E-state index contributed by atoms with van der Waals surface area (Å²) >= 11 is 0. The Kier molecular flexibility index (Phi) is 5.64. The number of carbonyl (C=O) groups excluding carboxylic acids is 1. The van der Waals surface area contributed by atoms with Gasteiger partial charge in [-0.05, 0) is 12.5 Å². The van der Waals surface area contributed by atoms with E-state index >= 15 is 0 Å². The van der Waals surface area contributed by atoms with Gasteiger partial charge in [0.15, 0.2) is 5.78 Å². The molecule has 7 nitrogen and oxygen atoms in total. The zero-order valence-corrected chi connectivity index (χ0v) is 15.3. The van der Waals surface area contributed by atoms with Crippen molar-refractivity contribution in [2.75, 3.05) is 5.32 Å². The van der Waals surface area contributed by atoms with Gasteiger partial charge in [0.1, 0.15) is 17.9 Å². The molecule has 7 heteroatoms. The third-order valence-corrected chi connectivity index (χ3v) is 4.15. The highest BCUT2D eigenvalue weighted by Crippen LogP contribution is 2.25. The zero-order chi connectivity index (χ0) is 20.1. The molecule has 0 radical (unpaired) electrons. The van der Waals surface area contributed by atoms with E-state index in [1.807, 2.05) is 36.4 Å². The van der Waals surface area contributed by atoms with Gasteiger partial charge in [0, 0.05) is 12.1 Å². The Morgan fingerprint density at radius 2 is 1.64 bits per heavy atom. The second kappa shape index (κ2) is 8.30. The van der Waals surface area contributed by atoms with Gasteiger partial charge < -0.3 is 10.4 Å². The van der Waals surface area contributed by atoms with E-state index in [4.69, 9.17) is 5.11 Å². The normalized spacial score (nSPS) is 10.5. The minimum Gasteiger partial charge on any atom is -0.480 e. The fraction of sp³-hybridized carbons (Fsp3) is 0.143. The van der Waals surface area contributed by atoms with Gasteiger partial charge in [0.05, 0.1) is 5.56 Å². The van der Waals surface area contributed by atoms with E-state index in [-0.39, 0.29) is 22.7 Å². The molecule has 28 heavy (non-hydrogen) atoms. The number of nitrogens with zero attached hydrogens (tertiary/aromatic N) is 2. The van der Waals surface area contributed by atoms with Crippen molar-refractivity contribution < 1.29 is 14.7 Å². The third kappa shape index (κ3) is 4.15. The first-order chi connectivity index (χ1) is 13.5. The number of benzene rings is 2. The average Bonchev–Trinajstić information content (AvgIpc) is 2.69. The maximum atomic E-state index is 12.9. The minimum atomic E-state index is -1.20. The van der Waals surface area contributed by atoms with Crippen molar-refractivity contribution in [1.82, 2.24) is 9.78 Å². The number of rotatable bonds is 7. The summed E-state index contributed by atoms with van der Waals surface area (Å²) in [5.41, 5.74) is 1.35. The predicted octanol–water partition coefficient (Wildman–Crippen LogP) is 2.81. The van der Waals surface area contributed by atoms with Crippen molar-refractivity contribution in [3.05, 3.63) is 82.1 Å². The number of carboxylic acid groups (broad SMARTS) is 1. The molecule has 3 aromatic rings. The van der Waals surface area contributed by atoms with Crippen molar-refractivity contribution in [3.8, 4) is 11.3 Å². The van der Waals surface area contributed by atoms with Crippen molar-refractivity contribution >= 4 is 17.4 Å². The first kappa shape index (κ1) is 19.0. The van der Waals surface area contributed by atoms with Crippen LogP contribution < -0.4 is 10.9 Å². The highest BCUT2D eigenvalue weighted by molar-refractivity contribution is 6.04. The minimum absolute atomic E-state index is 0.0476. The van der Waals surface area contributed by atoms with Crippen LogP contribution in [-0.2, 0) is 17.9 Å². The standard InChI is InChI=1S/C21H19N3O4/c1-14(25)18-19(16-10-6-3-7-11-16)23-24(13-17(26)27)21(28)20(18)22-12-15-8-4-2-5-9-15/h2-11,22H,12-13H2,1H3,(H,26,27). The lowest BCUT2D eigenvalue weighted by Gasteiger charge is -2.16. The highest BCUT2D eigenvalue weighted by atomic mass is 16.4. The second-order valence-corrected chi connectivity index (χ2v) is 6.22. The number of aliphatic carboxylic acids is 1. The number of carbonyl (C=O) groups is 2. The molecule has 1 heterocycles. The van der Waals surface area contributed by atoms with Gasteiger partial charge in [-0.15, -0.1) is 0 Å². The smallest absolute Gasteiger partial charge is 0.325 e. The molecule has 0 aliphatic rings. The van der Waals surface area contributed by atoms with Crippen LogP contribution in [-0.4, -0.2) is 26.6 Å². The number of carboxylic acids is 1. The average molecular weight is 377 g/mol. The van der Waals surface area contributed by atoms with Gasteiger partial charge in [-0.1, -0.05) is 60.7 Å². The fourth-order valence-corrected chi connectivity index (χ4v) is 2.90. The number of anilines is 1. The Morgan fingerprint density at radius 3 is 2.21 bits per heavy atom. The maximum absolute atomic E-state index is 12.9. The Hall–Kier alpha value is -3.74. The molecule has 2 N–H and O–H groups in total. The van der Waals surface area contributed by atoms with Crippen LogP contribution in [0, 0.1) is 0 Å². The van der Waals surface area contributed by atoms with E-state index in [9.17, 15) is 14.4 Å². The lowest BCUT2D eigenvalue weighted by Crippen LogP contribution is -2.31. The lowest BCUT2D eigenvalue weighted by atomic mass is 10.0. The molecule has 0 fully saturated rings. The molecule has 0 saturated carbocycles. The van der Waals surface area contributed by atoms with Gasteiger partial charge in [-0.3, -0.25) is 14.4 Å². The Morgan fingerprint density at radius 1 is 1.04 bits per heavy atom.